The fourth-order valence-corrected chi connectivity index (χ4v) is 2.20. The minimum atomic E-state index is 0. The molecular weight excluding hydrogens is 275 g/mol. The zero-order chi connectivity index (χ0) is 11.4. The standard InChI is InChI=1S/C11H18N4O.2ClH/c12-8-10-2-1-5-15(10)11(16)3-6-14-7-4-13-9-14;;/h4,7,9-10H,1-3,5-6,8,12H2;2*1H. The number of imidazole rings is 1. The van der Waals surface area contributed by atoms with Crippen molar-refractivity contribution in [3.05, 3.63) is 18.7 Å². The second-order valence-corrected chi connectivity index (χ2v) is 4.17. The Morgan fingerprint density at radius 1 is 1.44 bits per heavy atom. The van der Waals surface area contributed by atoms with Gasteiger partial charge in [-0.25, -0.2) is 4.98 Å². The molecule has 104 valence electrons. The predicted octanol–water partition coefficient (Wildman–Crippen LogP) is 1.07. The van der Waals surface area contributed by atoms with E-state index in [0.717, 1.165) is 19.4 Å². The van der Waals surface area contributed by atoms with Gasteiger partial charge in [-0.05, 0) is 12.8 Å². The molecule has 1 fully saturated rings. The van der Waals surface area contributed by atoms with Crippen molar-refractivity contribution in [2.75, 3.05) is 13.1 Å². The van der Waals surface area contributed by atoms with E-state index in [1.165, 1.54) is 0 Å². The molecule has 1 aliphatic heterocycles. The number of hydrogen-bond donors (Lipinski definition) is 1. The van der Waals surface area contributed by atoms with E-state index in [0.29, 0.717) is 19.5 Å². The zero-order valence-electron chi connectivity index (χ0n) is 10.2. The fourth-order valence-electron chi connectivity index (χ4n) is 2.20. The molecule has 7 heteroatoms. The molecule has 2 heterocycles. The molecule has 0 aromatic carbocycles. The van der Waals surface area contributed by atoms with Crippen LogP contribution in [0.25, 0.3) is 0 Å². The van der Waals surface area contributed by atoms with Gasteiger partial charge in [-0.3, -0.25) is 4.79 Å². The van der Waals surface area contributed by atoms with E-state index >= 15 is 0 Å². The van der Waals surface area contributed by atoms with Crippen LogP contribution in [0.15, 0.2) is 18.7 Å². The Labute approximate surface area is 120 Å². The zero-order valence-corrected chi connectivity index (χ0v) is 11.8. The average molecular weight is 295 g/mol. The molecule has 18 heavy (non-hydrogen) atoms. The summed E-state index contributed by atoms with van der Waals surface area (Å²) < 4.78 is 1.92. The predicted molar refractivity (Wildman–Crippen MR) is 75.1 cm³/mol. The number of halogens is 2. The third kappa shape index (κ3) is 4.15. The molecule has 1 amide bonds. The first kappa shape index (κ1) is 17.2. The molecule has 2 N–H and O–H groups in total. The lowest BCUT2D eigenvalue weighted by atomic mass is 10.2. The van der Waals surface area contributed by atoms with Crippen molar-refractivity contribution in [1.29, 1.82) is 0 Å². The fraction of sp³-hybridized carbons (Fsp3) is 0.636. The Kier molecular flexibility index (Phi) is 7.98. The quantitative estimate of drug-likeness (QED) is 0.903. The normalized spacial score (nSPS) is 18.1. The molecule has 1 saturated heterocycles. The van der Waals surface area contributed by atoms with Crippen LogP contribution in [0.4, 0.5) is 0 Å². The lowest BCUT2D eigenvalue weighted by molar-refractivity contribution is -0.132. The Morgan fingerprint density at radius 2 is 2.22 bits per heavy atom. The summed E-state index contributed by atoms with van der Waals surface area (Å²) in [5.41, 5.74) is 5.64. The lowest BCUT2D eigenvalue weighted by Gasteiger charge is -2.23. The van der Waals surface area contributed by atoms with Gasteiger partial charge in [0.15, 0.2) is 0 Å². The molecule has 0 saturated carbocycles. The molecule has 1 unspecified atom stereocenters. The van der Waals surface area contributed by atoms with Crippen LogP contribution in [-0.2, 0) is 11.3 Å². The Bertz CT molecular complexity index is 345. The summed E-state index contributed by atoms with van der Waals surface area (Å²) in [5, 5.41) is 0. The van der Waals surface area contributed by atoms with E-state index in [1.54, 1.807) is 12.5 Å². The van der Waals surface area contributed by atoms with Crippen LogP contribution in [-0.4, -0.2) is 39.5 Å². The molecule has 1 aromatic heterocycles. The van der Waals surface area contributed by atoms with Gasteiger partial charge in [0.05, 0.1) is 6.33 Å². The SMILES string of the molecule is Cl.Cl.NCC1CCCN1C(=O)CCn1ccnc1. The maximum absolute atomic E-state index is 11.9. The van der Waals surface area contributed by atoms with Crippen LogP contribution < -0.4 is 5.73 Å². The topological polar surface area (TPSA) is 64.2 Å². The Morgan fingerprint density at radius 3 is 2.83 bits per heavy atom. The maximum Gasteiger partial charge on any atom is 0.224 e. The first-order valence-corrected chi connectivity index (χ1v) is 5.76. The number of aromatic nitrogens is 2. The molecule has 0 radical (unpaired) electrons. The van der Waals surface area contributed by atoms with Crippen molar-refractivity contribution in [3.63, 3.8) is 0 Å². The molecule has 2 rings (SSSR count). The number of rotatable bonds is 4. The molecule has 1 aromatic rings. The summed E-state index contributed by atoms with van der Waals surface area (Å²) in [6.45, 7) is 2.15. The molecule has 1 aliphatic rings. The van der Waals surface area contributed by atoms with Crippen molar-refractivity contribution in [2.45, 2.75) is 31.8 Å². The van der Waals surface area contributed by atoms with Gasteiger partial charge in [0.1, 0.15) is 0 Å². The summed E-state index contributed by atoms with van der Waals surface area (Å²) in [4.78, 5) is 17.8. The highest BCUT2D eigenvalue weighted by molar-refractivity contribution is 5.85. The third-order valence-electron chi connectivity index (χ3n) is 3.11. The van der Waals surface area contributed by atoms with E-state index < -0.39 is 0 Å². The largest absolute Gasteiger partial charge is 0.338 e. The summed E-state index contributed by atoms with van der Waals surface area (Å²) in [5.74, 6) is 0.210. The highest BCUT2D eigenvalue weighted by Gasteiger charge is 2.26. The number of nitrogens with zero attached hydrogens (tertiary/aromatic N) is 3. The van der Waals surface area contributed by atoms with Crippen LogP contribution in [0, 0.1) is 0 Å². The third-order valence-corrected chi connectivity index (χ3v) is 3.11. The smallest absolute Gasteiger partial charge is 0.224 e. The van der Waals surface area contributed by atoms with Crippen molar-refractivity contribution in [3.8, 4) is 0 Å². The second kappa shape index (κ2) is 8.34. The first-order valence-electron chi connectivity index (χ1n) is 5.76. The van der Waals surface area contributed by atoms with Crippen LogP contribution in [0.1, 0.15) is 19.3 Å². The Balaban J connectivity index is 0.00000144. The molecule has 0 spiro atoms. The van der Waals surface area contributed by atoms with E-state index in [-0.39, 0.29) is 36.8 Å². The molecule has 1 atom stereocenters. The van der Waals surface area contributed by atoms with Crippen LogP contribution >= 0.6 is 24.8 Å². The number of aryl methyl sites for hydroxylation is 1. The number of amides is 1. The molecular formula is C11H20Cl2N4O. The minimum Gasteiger partial charge on any atom is -0.338 e. The number of nitrogens with two attached hydrogens (primary N) is 1. The van der Waals surface area contributed by atoms with Gasteiger partial charge in [0.2, 0.25) is 5.91 Å². The van der Waals surface area contributed by atoms with Gasteiger partial charge >= 0.3 is 0 Å². The van der Waals surface area contributed by atoms with Gasteiger partial charge in [0, 0.05) is 44.5 Å². The van der Waals surface area contributed by atoms with Gasteiger partial charge in [0.25, 0.3) is 0 Å². The summed E-state index contributed by atoms with van der Waals surface area (Å²) in [6, 6.07) is 0.260. The summed E-state index contributed by atoms with van der Waals surface area (Å²) in [7, 11) is 0. The number of carbonyl (C=O) groups excluding carboxylic acids is 1. The molecule has 5 nitrogen and oxygen atoms in total. The maximum atomic E-state index is 11.9. The van der Waals surface area contributed by atoms with Crippen molar-refractivity contribution in [2.24, 2.45) is 5.73 Å². The molecule has 0 bridgehead atoms. The van der Waals surface area contributed by atoms with Crippen molar-refractivity contribution in [1.82, 2.24) is 14.5 Å². The monoisotopic (exact) mass is 294 g/mol. The second-order valence-electron chi connectivity index (χ2n) is 4.17. The first-order chi connectivity index (χ1) is 7.81. The summed E-state index contributed by atoms with van der Waals surface area (Å²) in [6.07, 6.45) is 8.00. The van der Waals surface area contributed by atoms with Crippen LogP contribution in [0.5, 0.6) is 0 Å². The van der Waals surface area contributed by atoms with E-state index in [2.05, 4.69) is 4.98 Å². The van der Waals surface area contributed by atoms with Gasteiger partial charge in [-0.1, -0.05) is 0 Å². The van der Waals surface area contributed by atoms with E-state index in [4.69, 9.17) is 5.73 Å². The average Bonchev–Trinajstić information content (AvgIpc) is 2.96. The van der Waals surface area contributed by atoms with Gasteiger partial charge < -0.3 is 15.2 Å². The molecule has 0 aliphatic carbocycles. The summed E-state index contributed by atoms with van der Waals surface area (Å²) >= 11 is 0. The van der Waals surface area contributed by atoms with Crippen molar-refractivity contribution >= 4 is 30.7 Å². The number of hydrogen-bond acceptors (Lipinski definition) is 3. The Hall–Kier alpha value is -0.780. The number of likely N-dealkylation sites (tertiary alicyclic amines) is 1. The number of carbonyl (C=O) groups is 1. The van der Waals surface area contributed by atoms with Gasteiger partial charge in [-0.2, -0.15) is 0 Å². The highest BCUT2D eigenvalue weighted by Crippen LogP contribution is 2.17. The van der Waals surface area contributed by atoms with Crippen molar-refractivity contribution < 1.29 is 4.79 Å². The van der Waals surface area contributed by atoms with Gasteiger partial charge in [-0.15, -0.1) is 24.8 Å². The van der Waals surface area contributed by atoms with Crippen LogP contribution in [0.3, 0.4) is 0 Å². The lowest BCUT2D eigenvalue weighted by Crippen LogP contribution is -2.40. The van der Waals surface area contributed by atoms with E-state index in [1.807, 2.05) is 15.7 Å². The van der Waals surface area contributed by atoms with E-state index in [9.17, 15) is 4.79 Å². The highest BCUT2D eigenvalue weighted by atomic mass is 35.5. The van der Waals surface area contributed by atoms with Crippen LogP contribution in [0.2, 0.25) is 0 Å². The minimum absolute atomic E-state index is 0.